The average Bonchev–Trinajstić information content (AvgIpc) is 2.96. The van der Waals surface area contributed by atoms with Gasteiger partial charge in [-0.15, -0.1) is 12.4 Å². The highest BCUT2D eigenvalue weighted by molar-refractivity contribution is 7.89. The van der Waals surface area contributed by atoms with Gasteiger partial charge in [0.2, 0.25) is 10.0 Å². The number of para-hydroxylation sites is 1. The van der Waals surface area contributed by atoms with Crippen LogP contribution < -0.4 is 10.5 Å². The summed E-state index contributed by atoms with van der Waals surface area (Å²) in [7, 11) is -3.40. The van der Waals surface area contributed by atoms with Crippen molar-refractivity contribution in [2.45, 2.75) is 24.6 Å². The molecule has 0 aromatic heterocycles. The summed E-state index contributed by atoms with van der Waals surface area (Å²) in [5.74, 6) is 0. The second-order valence-corrected chi connectivity index (χ2v) is 7.21. The van der Waals surface area contributed by atoms with Crippen molar-refractivity contribution in [1.29, 1.82) is 0 Å². The van der Waals surface area contributed by atoms with E-state index in [-0.39, 0.29) is 12.4 Å². The first-order valence-corrected chi connectivity index (χ1v) is 8.23. The molecule has 0 spiro atoms. The highest BCUT2D eigenvalue weighted by Crippen LogP contribution is 2.28. The normalized spacial score (nSPS) is 22.1. The third kappa shape index (κ3) is 3.09. The second kappa shape index (κ2) is 5.89. The summed E-state index contributed by atoms with van der Waals surface area (Å²) in [5.41, 5.74) is 3.85. The second-order valence-electron chi connectivity index (χ2n) is 5.36. The van der Waals surface area contributed by atoms with E-state index in [0.29, 0.717) is 13.0 Å². The van der Waals surface area contributed by atoms with E-state index in [1.807, 2.05) is 0 Å². The number of nitrogens with zero attached hydrogens (tertiary/aromatic N) is 1. The molecule has 0 saturated carbocycles. The van der Waals surface area contributed by atoms with Gasteiger partial charge in [0.05, 0.1) is 5.25 Å². The fraction of sp³-hybridized carbons (Fsp3) is 0.538. The van der Waals surface area contributed by atoms with Crippen molar-refractivity contribution in [2.75, 3.05) is 25.0 Å². The van der Waals surface area contributed by atoms with Crippen molar-refractivity contribution < 1.29 is 8.42 Å². The number of likely N-dealkylation sites (tertiary alicyclic amines) is 1. The summed E-state index contributed by atoms with van der Waals surface area (Å²) >= 11 is 0. The molecule has 7 heteroatoms. The van der Waals surface area contributed by atoms with Crippen molar-refractivity contribution in [2.24, 2.45) is 5.14 Å². The van der Waals surface area contributed by atoms with Crippen LogP contribution in [0.4, 0.5) is 5.69 Å². The quantitative estimate of drug-likeness (QED) is 0.870. The van der Waals surface area contributed by atoms with Gasteiger partial charge in [-0.05, 0) is 30.5 Å². The molecular weight excluding hydrogens is 298 g/mol. The first-order valence-electron chi connectivity index (χ1n) is 6.62. The van der Waals surface area contributed by atoms with Crippen LogP contribution in [0.1, 0.15) is 17.5 Å². The van der Waals surface area contributed by atoms with Gasteiger partial charge in [-0.1, -0.05) is 18.2 Å². The first kappa shape index (κ1) is 15.6. The third-order valence-corrected chi connectivity index (χ3v) is 5.33. The Morgan fingerprint density at radius 1 is 1.40 bits per heavy atom. The molecule has 5 nitrogen and oxygen atoms in total. The number of hydrogen-bond donors (Lipinski definition) is 2. The summed E-state index contributed by atoms with van der Waals surface area (Å²) in [4.78, 5) is 2.17. The first-order chi connectivity index (χ1) is 9.04. The number of rotatable bonds is 3. The molecule has 2 aliphatic heterocycles. The molecule has 1 aromatic rings. The number of nitrogens with one attached hydrogen (secondary N) is 1. The zero-order valence-electron chi connectivity index (χ0n) is 11.2. The predicted molar refractivity (Wildman–Crippen MR) is 82.7 cm³/mol. The molecule has 0 bridgehead atoms. The number of primary sulfonamides is 1. The summed E-state index contributed by atoms with van der Waals surface area (Å²) in [6.07, 6.45) is 1.71. The van der Waals surface area contributed by atoms with Gasteiger partial charge < -0.3 is 5.32 Å². The van der Waals surface area contributed by atoms with Crippen LogP contribution >= 0.6 is 12.4 Å². The van der Waals surface area contributed by atoms with Crippen molar-refractivity contribution in [1.82, 2.24) is 4.90 Å². The van der Waals surface area contributed by atoms with Crippen LogP contribution in [0.15, 0.2) is 18.2 Å². The smallest absolute Gasteiger partial charge is 0.213 e. The topological polar surface area (TPSA) is 75.4 Å². The molecule has 3 rings (SSSR count). The molecule has 3 N–H and O–H groups in total. The Morgan fingerprint density at radius 2 is 2.20 bits per heavy atom. The minimum absolute atomic E-state index is 0. The van der Waals surface area contributed by atoms with Crippen LogP contribution in [0.3, 0.4) is 0 Å². The number of sulfonamides is 1. The standard InChI is InChI=1S/C13H19N3O2S.ClH/c14-19(17,18)12-5-7-16(9-12)8-11-3-1-2-10-4-6-15-13(10)11;/h1-3,12,15H,4-9H2,(H2,14,17,18);1H. The lowest BCUT2D eigenvalue weighted by atomic mass is 10.1. The molecule has 0 radical (unpaired) electrons. The van der Waals surface area contributed by atoms with Gasteiger partial charge in [0.15, 0.2) is 0 Å². The molecular formula is C13H20ClN3O2S. The van der Waals surface area contributed by atoms with Crippen LogP contribution in [0.2, 0.25) is 0 Å². The fourth-order valence-electron chi connectivity index (χ4n) is 2.99. The molecule has 2 aliphatic rings. The van der Waals surface area contributed by atoms with E-state index >= 15 is 0 Å². The molecule has 2 heterocycles. The Balaban J connectivity index is 0.00000147. The Labute approximate surface area is 126 Å². The molecule has 1 saturated heterocycles. The zero-order valence-corrected chi connectivity index (χ0v) is 12.8. The molecule has 1 fully saturated rings. The minimum atomic E-state index is -3.40. The maximum absolute atomic E-state index is 11.4. The van der Waals surface area contributed by atoms with Gasteiger partial charge in [0.1, 0.15) is 0 Å². The molecule has 20 heavy (non-hydrogen) atoms. The maximum Gasteiger partial charge on any atom is 0.213 e. The van der Waals surface area contributed by atoms with Crippen molar-refractivity contribution in [3.63, 3.8) is 0 Å². The molecule has 0 aliphatic carbocycles. The Bertz CT molecular complexity index is 591. The summed E-state index contributed by atoms with van der Waals surface area (Å²) in [6.45, 7) is 3.13. The molecule has 1 aromatic carbocycles. The van der Waals surface area contributed by atoms with Crippen LogP contribution in [-0.2, 0) is 23.0 Å². The van der Waals surface area contributed by atoms with Crippen LogP contribution in [0.25, 0.3) is 0 Å². The Morgan fingerprint density at radius 3 is 2.90 bits per heavy atom. The lowest BCUT2D eigenvalue weighted by Crippen LogP contribution is -2.31. The van der Waals surface area contributed by atoms with Crippen LogP contribution in [0, 0.1) is 0 Å². The highest BCUT2D eigenvalue weighted by atomic mass is 35.5. The Kier molecular flexibility index (Phi) is 4.59. The average molecular weight is 318 g/mol. The van der Waals surface area contributed by atoms with E-state index in [4.69, 9.17) is 5.14 Å². The van der Waals surface area contributed by atoms with Gasteiger partial charge >= 0.3 is 0 Å². The van der Waals surface area contributed by atoms with Gasteiger partial charge in [0.25, 0.3) is 0 Å². The lowest BCUT2D eigenvalue weighted by molar-refractivity contribution is 0.332. The van der Waals surface area contributed by atoms with E-state index < -0.39 is 15.3 Å². The number of halogens is 1. The zero-order chi connectivity index (χ0) is 13.5. The van der Waals surface area contributed by atoms with E-state index in [1.165, 1.54) is 16.8 Å². The highest BCUT2D eigenvalue weighted by Gasteiger charge is 2.31. The van der Waals surface area contributed by atoms with Gasteiger partial charge in [0, 0.05) is 25.3 Å². The molecule has 1 atom stereocenters. The van der Waals surface area contributed by atoms with Crippen LogP contribution in [0.5, 0.6) is 0 Å². The largest absolute Gasteiger partial charge is 0.384 e. The number of hydrogen-bond acceptors (Lipinski definition) is 4. The predicted octanol–water partition coefficient (Wildman–Crippen LogP) is 0.939. The maximum atomic E-state index is 11.4. The van der Waals surface area contributed by atoms with Crippen molar-refractivity contribution in [3.05, 3.63) is 29.3 Å². The summed E-state index contributed by atoms with van der Waals surface area (Å²) < 4.78 is 22.7. The fourth-order valence-corrected chi connectivity index (χ4v) is 3.84. The van der Waals surface area contributed by atoms with Crippen molar-refractivity contribution >= 4 is 28.1 Å². The van der Waals surface area contributed by atoms with Crippen molar-refractivity contribution in [3.8, 4) is 0 Å². The van der Waals surface area contributed by atoms with Gasteiger partial charge in [-0.2, -0.15) is 0 Å². The van der Waals surface area contributed by atoms with Gasteiger partial charge in [-0.25, -0.2) is 13.6 Å². The molecule has 1 unspecified atom stereocenters. The monoisotopic (exact) mass is 317 g/mol. The summed E-state index contributed by atoms with van der Waals surface area (Å²) in [6, 6.07) is 6.34. The van der Waals surface area contributed by atoms with E-state index in [1.54, 1.807) is 0 Å². The summed E-state index contributed by atoms with van der Waals surface area (Å²) in [5, 5.41) is 8.23. The Hall–Kier alpha value is -0.820. The van der Waals surface area contributed by atoms with E-state index in [0.717, 1.165) is 26.1 Å². The molecule has 0 amide bonds. The number of fused-ring (bicyclic) bond motifs is 1. The lowest BCUT2D eigenvalue weighted by Gasteiger charge is -2.18. The van der Waals surface area contributed by atoms with Crippen LogP contribution in [-0.4, -0.2) is 38.2 Å². The number of benzene rings is 1. The third-order valence-electron chi connectivity index (χ3n) is 4.02. The minimum Gasteiger partial charge on any atom is -0.384 e. The van der Waals surface area contributed by atoms with E-state index in [9.17, 15) is 8.42 Å². The number of nitrogens with two attached hydrogens (primary N) is 1. The SMILES string of the molecule is Cl.NS(=O)(=O)C1CCN(Cc2cccc3c2NCC3)C1. The van der Waals surface area contributed by atoms with Gasteiger partial charge in [-0.3, -0.25) is 4.90 Å². The number of anilines is 1. The van der Waals surface area contributed by atoms with E-state index in [2.05, 4.69) is 28.4 Å². The molecule has 112 valence electrons.